The third-order valence-corrected chi connectivity index (χ3v) is 3.80. The fourth-order valence-electron chi connectivity index (χ4n) is 3.23. The lowest BCUT2D eigenvalue weighted by Gasteiger charge is -2.27. The zero-order valence-electron chi connectivity index (χ0n) is 7.06. The third kappa shape index (κ3) is 0.680. The van der Waals surface area contributed by atoms with Crippen LogP contribution in [0.25, 0.3) is 0 Å². The van der Waals surface area contributed by atoms with Crippen LogP contribution < -0.4 is 0 Å². The molecule has 0 aromatic rings. The van der Waals surface area contributed by atoms with Crippen molar-refractivity contribution in [1.29, 1.82) is 0 Å². The van der Waals surface area contributed by atoms with Crippen molar-refractivity contribution < 1.29 is 5.11 Å². The van der Waals surface area contributed by atoms with Crippen molar-refractivity contribution in [2.24, 2.45) is 23.7 Å². The van der Waals surface area contributed by atoms with E-state index in [1.165, 1.54) is 12.8 Å². The molecule has 0 heterocycles. The lowest BCUT2D eigenvalue weighted by atomic mass is 9.77. The second-order valence-corrected chi connectivity index (χ2v) is 4.28. The Morgan fingerprint density at radius 1 is 1.00 bits per heavy atom. The van der Waals surface area contributed by atoms with E-state index < -0.39 is 0 Å². The quantitative estimate of drug-likeness (QED) is 0.538. The molecule has 2 bridgehead atoms. The van der Waals surface area contributed by atoms with Crippen molar-refractivity contribution in [3.8, 4) is 0 Å². The summed E-state index contributed by atoms with van der Waals surface area (Å²) in [6.45, 7) is 0. The summed E-state index contributed by atoms with van der Waals surface area (Å²) in [4.78, 5) is 0. The van der Waals surface area contributed by atoms with Gasteiger partial charge in [0.2, 0.25) is 0 Å². The van der Waals surface area contributed by atoms with Gasteiger partial charge in [0, 0.05) is 11.8 Å². The fraction of sp³-hybridized carbons (Fsp3) is 0.636. The monoisotopic (exact) mass is 162 g/mol. The minimum Gasteiger partial charge on any atom is -0.392 e. The maximum absolute atomic E-state index is 9.86. The predicted molar refractivity (Wildman–Crippen MR) is 47.5 cm³/mol. The van der Waals surface area contributed by atoms with Gasteiger partial charge in [-0.3, -0.25) is 0 Å². The summed E-state index contributed by atoms with van der Waals surface area (Å²) in [6, 6.07) is 0. The Hall–Kier alpha value is -0.560. The molecule has 3 rings (SSSR count). The molecule has 5 unspecified atom stereocenters. The van der Waals surface area contributed by atoms with E-state index in [1.54, 1.807) is 0 Å². The molecule has 0 aliphatic heterocycles. The molecule has 0 spiro atoms. The first-order chi connectivity index (χ1) is 5.88. The normalized spacial score (nSPS) is 54.6. The number of aliphatic hydroxyl groups excluding tert-OH is 1. The van der Waals surface area contributed by atoms with Gasteiger partial charge in [-0.25, -0.2) is 0 Å². The minimum absolute atomic E-state index is 0.0669. The maximum atomic E-state index is 9.86. The molecule has 1 saturated carbocycles. The van der Waals surface area contributed by atoms with Crippen molar-refractivity contribution in [3.05, 3.63) is 24.3 Å². The molecule has 1 N–H and O–H groups in total. The smallest absolute Gasteiger partial charge is 0.0673 e. The number of hydrogen-bond acceptors (Lipinski definition) is 1. The molecular weight excluding hydrogens is 148 g/mol. The summed E-state index contributed by atoms with van der Waals surface area (Å²) in [5.41, 5.74) is 0. The van der Waals surface area contributed by atoms with E-state index in [2.05, 4.69) is 24.3 Å². The zero-order chi connectivity index (χ0) is 8.13. The van der Waals surface area contributed by atoms with Crippen molar-refractivity contribution in [2.45, 2.75) is 18.9 Å². The summed E-state index contributed by atoms with van der Waals surface area (Å²) in [7, 11) is 0. The molecule has 1 fully saturated rings. The largest absolute Gasteiger partial charge is 0.392 e. The maximum Gasteiger partial charge on any atom is 0.0673 e. The highest BCUT2D eigenvalue weighted by Crippen LogP contribution is 2.51. The molecule has 1 heteroatoms. The highest BCUT2D eigenvalue weighted by atomic mass is 16.3. The first-order valence-electron chi connectivity index (χ1n) is 4.91. The molecule has 0 saturated heterocycles. The Labute approximate surface area is 72.8 Å². The van der Waals surface area contributed by atoms with Crippen LogP contribution in [-0.2, 0) is 0 Å². The highest BCUT2D eigenvalue weighted by Gasteiger charge is 2.49. The van der Waals surface area contributed by atoms with Gasteiger partial charge in [0.1, 0.15) is 0 Å². The molecule has 0 aromatic heterocycles. The SMILES string of the molecule is OC1C2C=CC1C1CCC=CC21. The van der Waals surface area contributed by atoms with Crippen LogP contribution >= 0.6 is 0 Å². The summed E-state index contributed by atoms with van der Waals surface area (Å²) in [5.74, 6) is 2.32. The van der Waals surface area contributed by atoms with E-state index in [9.17, 15) is 5.11 Å². The van der Waals surface area contributed by atoms with Gasteiger partial charge in [-0.15, -0.1) is 0 Å². The van der Waals surface area contributed by atoms with Crippen LogP contribution in [0.1, 0.15) is 12.8 Å². The van der Waals surface area contributed by atoms with E-state index in [0.29, 0.717) is 17.8 Å². The number of hydrogen-bond donors (Lipinski definition) is 1. The standard InChI is InChI=1S/C11H14O/c12-11-9-5-6-10(11)8-4-2-1-3-7(8)9/h1,3,5-12H,2,4H2. The van der Waals surface area contributed by atoms with Gasteiger partial charge in [-0.2, -0.15) is 0 Å². The molecule has 0 radical (unpaired) electrons. The Morgan fingerprint density at radius 3 is 2.67 bits per heavy atom. The minimum atomic E-state index is -0.0669. The van der Waals surface area contributed by atoms with Gasteiger partial charge >= 0.3 is 0 Å². The Balaban J connectivity index is 2.00. The first kappa shape index (κ1) is 6.90. The number of aliphatic hydroxyl groups is 1. The zero-order valence-corrected chi connectivity index (χ0v) is 7.06. The summed E-state index contributed by atoms with van der Waals surface area (Å²) < 4.78 is 0. The Kier molecular flexibility index (Phi) is 1.28. The Morgan fingerprint density at radius 2 is 1.83 bits per heavy atom. The molecule has 12 heavy (non-hydrogen) atoms. The van der Waals surface area contributed by atoms with Crippen LogP contribution in [-0.4, -0.2) is 11.2 Å². The number of rotatable bonds is 0. The van der Waals surface area contributed by atoms with E-state index in [1.807, 2.05) is 0 Å². The van der Waals surface area contributed by atoms with E-state index in [0.717, 1.165) is 5.92 Å². The van der Waals surface area contributed by atoms with Crippen LogP contribution in [0.2, 0.25) is 0 Å². The van der Waals surface area contributed by atoms with Crippen LogP contribution in [0.3, 0.4) is 0 Å². The topological polar surface area (TPSA) is 20.2 Å². The molecule has 5 atom stereocenters. The van der Waals surface area contributed by atoms with Crippen molar-refractivity contribution in [3.63, 3.8) is 0 Å². The molecular formula is C11H14O. The second kappa shape index (κ2) is 2.23. The van der Waals surface area contributed by atoms with Gasteiger partial charge in [-0.05, 0) is 24.7 Å². The van der Waals surface area contributed by atoms with Gasteiger partial charge in [0.15, 0.2) is 0 Å². The first-order valence-corrected chi connectivity index (χ1v) is 4.91. The highest BCUT2D eigenvalue weighted by molar-refractivity contribution is 5.23. The van der Waals surface area contributed by atoms with Crippen LogP contribution in [0.15, 0.2) is 24.3 Å². The van der Waals surface area contributed by atoms with E-state index in [-0.39, 0.29) is 6.10 Å². The van der Waals surface area contributed by atoms with E-state index >= 15 is 0 Å². The van der Waals surface area contributed by atoms with Gasteiger partial charge in [0.05, 0.1) is 6.10 Å². The van der Waals surface area contributed by atoms with Gasteiger partial charge in [-0.1, -0.05) is 24.3 Å². The molecule has 0 aromatic carbocycles. The average Bonchev–Trinajstić information content (AvgIpc) is 2.61. The lowest BCUT2D eigenvalue weighted by Crippen LogP contribution is -2.19. The molecule has 3 aliphatic carbocycles. The number of fused-ring (bicyclic) bond motifs is 5. The lowest BCUT2D eigenvalue weighted by molar-refractivity contribution is 0.128. The predicted octanol–water partition coefficient (Wildman–Crippen LogP) is 1.75. The van der Waals surface area contributed by atoms with Crippen LogP contribution in [0.4, 0.5) is 0 Å². The van der Waals surface area contributed by atoms with E-state index in [4.69, 9.17) is 0 Å². The average molecular weight is 162 g/mol. The summed E-state index contributed by atoms with van der Waals surface area (Å²) in [6.07, 6.45) is 11.5. The molecule has 0 amide bonds. The second-order valence-electron chi connectivity index (χ2n) is 4.28. The summed E-state index contributed by atoms with van der Waals surface area (Å²) in [5, 5.41) is 9.86. The number of allylic oxidation sites excluding steroid dienone is 2. The molecule has 3 aliphatic rings. The molecule has 64 valence electrons. The van der Waals surface area contributed by atoms with Crippen LogP contribution in [0, 0.1) is 23.7 Å². The fourth-order valence-corrected chi connectivity index (χ4v) is 3.23. The van der Waals surface area contributed by atoms with Gasteiger partial charge < -0.3 is 5.11 Å². The summed E-state index contributed by atoms with van der Waals surface area (Å²) >= 11 is 0. The van der Waals surface area contributed by atoms with Crippen molar-refractivity contribution in [2.75, 3.05) is 0 Å². The van der Waals surface area contributed by atoms with Gasteiger partial charge in [0.25, 0.3) is 0 Å². The van der Waals surface area contributed by atoms with Crippen molar-refractivity contribution in [1.82, 2.24) is 0 Å². The molecule has 1 nitrogen and oxygen atoms in total. The third-order valence-electron chi connectivity index (χ3n) is 3.80. The van der Waals surface area contributed by atoms with Crippen LogP contribution in [0.5, 0.6) is 0 Å². The van der Waals surface area contributed by atoms with Crippen molar-refractivity contribution >= 4 is 0 Å². The Bertz CT molecular complexity index is 254.